The predicted octanol–water partition coefficient (Wildman–Crippen LogP) is 2.80. The van der Waals surface area contributed by atoms with Gasteiger partial charge < -0.3 is 14.2 Å². The Kier molecular flexibility index (Phi) is 4.75. The Hall–Kier alpha value is -2.44. The lowest BCUT2D eigenvalue weighted by Gasteiger charge is -2.17. The third-order valence-electron chi connectivity index (χ3n) is 3.28. The van der Waals surface area contributed by atoms with Crippen molar-refractivity contribution in [1.29, 1.82) is 0 Å². The van der Waals surface area contributed by atoms with Crippen LogP contribution in [0, 0.1) is 11.6 Å². The monoisotopic (exact) mass is 310 g/mol. The first-order chi connectivity index (χ1) is 10.5. The topological polar surface area (TPSA) is 55.6 Å². The van der Waals surface area contributed by atoms with Gasteiger partial charge in [0.15, 0.2) is 0 Å². The first-order valence-corrected chi connectivity index (χ1v) is 6.68. The number of hydrogen-bond donors (Lipinski definition) is 0. The number of aryl methyl sites for hydroxylation is 1. The maximum atomic E-state index is 13.9. The van der Waals surface area contributed by atoms with E-state index < -0.39 is 23.1 Å². The van der Waals surface area contributed by atoms with E-state index in [4.69, 9.17) is 9.26 Å². The van der Waals surface area contributed by atoms with Crippen LogP contribution in [-0.4, -0.2) is 30.1 Å². The molecule has 0 spiro atoms. The Morgan fingerprint density at radius 1 is 1.36 bits per heavy atom. The van der Waals surface area contributed by atoms with Gasteiger partial charge in [-0.25, -0.2) is 8.78 Å². The highest BCUT2D eigenvalue weighted by atomic mass is 19.1. The molecule has 1 amide bonds. The van der Waals surface area contributed by atoms with E-state index in [0.717, 1.165) is 12.1 Å². The molecule has 1 aromatic carbocycles. The van der Waals surface area contributed by atoms with E-state index in [9.17, 15) is 13.6 Å². The van der Waals surface area contributed by atoms with E-state index in [1.54, 1.807) is 0 Å². The quantitative estimate of drug-likeness (QED) is 0.852. The Labute approximate surface area is 126 Å². The normalized spacial score (nSPS) is 10.6. The average molecular weight is 310 g/mol. The van der Waals surface area contributed by atoms with Gasteiger partial charge in [0.1, 0.15) is 29.2 Å². The minimum absolute atomic E-state index is 0.0153. The SMILES string of the molecule is CCc1nocc1CN(C)C(=O)c1c(F)cc(OC)cc1F. The highest BCUT2D eigenvalue weighted by molar-refractivity contribution is 5.94. The van der Waals surface area contributed by atoms with E-state index in [1.807, 2.05) is 6.92 Å². The number of benzene rings is 1. The van der Waals surface area contributed by atoms with Gasteiger partial charge in [0.25, 0.3) is 5.91 Å². The first kappa shape index (κ1) is 15.9. The number of aromatic nitrogens is 1. The fraction of sp³-hybridized carbons (Fsp3) is 0.333. The fourth-order valence-electron chi connectivity index (χ4n) is 2.09. The second kappa shape index (κ2) is 6.55. The molecule has 0 saturated heterocycles. The predicted molar refractivity (Wildman–Crippen MR) is 74.6 cm³/mol. The standard InChI is InChI=1S/C15H16F2N2O3/c1-4-13-9(8-22-18-13)7-19(2)15(20)14-11(16)5-10(21-3)6-12(14)17/h5-6,8H,4,7H2,1-3H3. The van der Waals surface area contributed by atoms with Crippen LogP contribution in [0.4, 0.5) is 8.78 Å². The zero-order valence-corrected chi connectivity index (χ0v) is 12.5. The van der Waals surface area contributed by atoms with Crippen molar-refractivity contribution in [2.45, 2.75) is 19.9 Å². The maximum absolute atomic E-state index is 13.9. The third kappa shape index (κ3) is 3.08. The Morgan fingerprint density at radius 3 is 2.55 bits per heavy atom. The molecule has 2 rings (SSSR count). The molecule has 0 atom stereocenters. The van der Waals surface area contributed by atoms with Gasteiger partial charge in [-0.05, 0) is 6.42 Å². The molecule has 0 N–H and O–H groups in total. The molecule has 2 aromatic rings. The molecule has 0 unspecified atom stereocenters. The summed E-state index contributed by atoms with van der Waals surface area (Å²) in [4.78, 5) is 13.5. The van der Waals surface area contributed by atoms with Gasteiger partial charge in [-0.2, -0.15) is 0 Å². The summed E-state index contributed by atoms with van der Waals surface area (Å²) >= 11 is 0. The second-order valence-electron chi connectivity index (χ2n) is 4.77. The lowest BCUT2D eigenvalue weighted by molar-refractivity contribution is 0.0775. The van der Waals surface area contributed by atoms with Crippen molar-refractivity contribution in [3.8, 4) is 5.75 Å². The number of ether oxygens (including phenoxy) is 1. The van der Waals surface area contributed by atoms with Gasteiger partial charge >= 0.3 is 0 Å². The molecule has 0 saturated carbocycles. The van der Waals surface area contributed by atoms with E-state index >= 15 is 0 Å². The number of methoxy groups -OCH3 is 1. The minimum atomic E-state index is -0.963. The summed E-state index contributed by atoms with van der Waals surface area (Å²) in [6, 6.07) is 1.95. The molecule has 0 radical (unpaired) electrons. The van der Waals surface area contributed by atoms with E-state index in [2.05, 4.69) is 5.16 Å². The summed E-state index contributed by atoms with van der Waals surface area (Å²) in [5.41, 5.74) is 0.792. The van der Waals surface area contributed by atoms with Crippen LogP contribution in [0.3, 0.4) is 0 Å². The van der Waals surface area contributed by atoms with Crippen LogP contribution in [0.25, 0.3) is 0 Å². The van der Waals surface area contributed by atoms with Crippen LogP contribution in [-0.2, 0) is 13.0 Å². The molecular formula is C15H16F2N2O3. The molecule has 1 aromatic heterocycles. The molecule has 0 aliphatic carbocycles. The number of carbonyl (C=O) groups is 1. The van der Waals surface area contributed by atoms with Crippen LogP contribution in [0.1, 0.15) is 28.5 Å². The summed E-state index contributed by atoms with van der Waals surface area (Å²) in [5.74, 6) is -2.67. The number of carbonyl (C=O) groups excluding carboxylic acids is 1. The number of halogens is 2. The van der Waals surface area contributed by atoms with Crippen LogP contribution in [0.5, 0.6) is 5.75 Å². The smallest absolute Gasteiger partial charge is 0.259 e. The molecule has 0 fully saturated rings. The Balaban J connectivity index is 2.24. The van der Waals surface area contributed by atoms with Crippen molar-refractivity contribution in [3.05, 3.63) is 46.9 Å². The van der Waals surface area contributed by atoms with Gasteiger partial charge in [-0.3, -0.25) is 4.79 Å². The summed E-state index contributed by atoms with van der Waals surface area (Å²) in [6.45, 7) is 2.04. The molecule has 118 valence electrons. The number of hydrogen-bond acceptors (Lipinski definition) is 4. The van der Waals surface area contributed by atoms with Crippen molar-refractivity contribution in [2.24, 2.45) is 0 Å². The molecule has 0 aliphatic heterocycles. The molecule has 0 aliphatic rings. The molecule has 22 heavy (non-hydrogen) atoms. The third-order valence-corrected chi connectivity index (χ3v) is 3.28. The second-order valence-corrected chi connectivity index (χ2v) is 4.77. The zero-order valence-electron chi connectivity index (χ0n) is 12.5. The van der Waals surface area contributed by atoms with Crippen LogP contribution in [0.2, 0.25) is 0 Å². The zero-order chi connectivity index (χ0) is 16.3. The van der Waals surface area contributed by atoms with Gasteiger partial charge in [-0.15, -0.1) is 0 Å². The minimum Gasteiger partial charge on any atom is -0.497 e. The Morgan fingerprint density at radius 2 is 2.00 bits per heavy atom. The molecule has 0 bridgehead atoms. The largest absolute Gasteiger partial charge is 0.497 e. The average Bonchev–Trinajstić information content (AvgIpc) is 2.93. The van der Waals surface area contributed by atoms with E-state index in [1.165, 1.54) is 25.3 Å². The van der Waals surface area contributed by atoms with Gasteiger partial charge in [-0.1, -0.05) is 12.1 Å². The van der Waals surface area contributed by atoms with Gasteiger partial charge in [0.05, 0.1) is 19.3 Å². The van der Waals surface area contributed by atoms with E-state index in [-0.39, 0.29) is 12.3 Å². The number of amides is 1. The van der Waals surface area contributed by atoms with Crippen LogP contribution < -0.4 is 4.74 Å². The lowest BCUT2D eigenvalue weighted by Crippen LogP contribution is -2.28. The maximum Gasteiger partial charge on any atom is 0.259 e. The highest BCUT2D eigenvalue weighted by Crippen LogP contribution is 2.22. The molecular weight excluding hydrogens is 294 g/mol. The van der Waals surface area contributed by atoms with E-state index in [0.29, 0.717) is 17.7 Å². The first-order valence-electron chi connectivity index (χ1n) is 6.68. The molecule has 1 heterocycles. The fourth-order valence-corrected chi connectivity index (χ4v) is 2.09. The summed E-state index contributed by atoms with van der Waals surface area (Å²) in [7, 11) is 2.75. The lowest BCUT2D eigenvalue weighted by atomic mass is 10.1. The highest BCUT2D eigenvalue weighted by Gasteiger charge is 2.23. The number of rotatable bonds is 5. The van der Waals surface area contributed by atoms with Crippen molar-refractivity contribution >= 4 is 5.91 Å². The van der Waals surface area contributed by atoms with Gasteiger partial charge in [0.2, 0.25) is 0 Å². The van der Waals surface area contributed by atoms with Crippen LogP contribution in [0.15, 0.2) is 22.9 Å². The van der Waals surface area contributed by atoms with Crippen molar-refractivity contribution in [2.75, 3.05) is 14.2 Å². The van der Waals surface area contributed by atoms with Crippen molar-refractivity contribution < 1.29 is 22.8 Å². The summed E-state index contributed by atoms with van der Waals surface area (Å²) < 4.78 is 37.5. The van der Waals surface area contributed by atoms with Gasteiger partial charge in [0, 0.05) is 24.7 Å². The van der Waals surface area contributed by atoms with Crippen molar-refractivity contribution in [3.63, 3.8) is 0 Å². The van der Waals surface area contributed by atoms with Crippen molar-refractivity contribution in [1.82, 2.24) is 10.1 Å². The molecule has 5 nitrogen and oxygen atoms in total. The molecule has 7 heteroatoms. The van der Waals surface area contributed by atoms with Crippen LogP contribution >= 0.6 is 0 Å². The summed E-state index contributed by atoms with van der Waals surface area (Å²) in [6.07, 6.45) is 2.06. The number of nitrogens with zero attached hydrogens (tertiary/aromatic N) is 2. The Bertz CT molecular complexity index is 662. The summed E-state index contributed by atoms with van der Waals surface area (Å²) in [5, 5.41) is 3.80.